The van der Waals surface area contributed by atoms with E-state index in [-0.39, 0.29) is 6.61 Å². The van der Waals surface area contributed by atoms with Gasteiger partial charge in [0.05, 0.1) is 6.61 Å². The summed E-state index contributed by atoms with van der Waals surface area (Å²) in [7, 11) is 0. The minimum atomic E-state index is -0.903. The number of aliphatic hydroxyl groups excluding tert-OH is 1. The highest BCUT2D eigenvalue weighted by atomic mass is 16.6. The third-order valence-electron chi connectivity index (χ3n) is 1.89. The molecule has 0 aromatic heterocycles. The molecule has 0 radical (unpaired) electrons. The van der Waals surface area contributed by atoms with Gasteiger partial charge in [-0.2, -0.15) is 0 Å². The van der Waals surface area contributed by atoms with Crippen molar-refractivity contribution in [2.75, 3.05) is 19.8 Å². The summed E-state index contributed by atoms with van der Waals surface area (Å²) in [6.45, 7) is 4.85. The van der Waals surface area contributed by atoms with Crippen LogP contribution in [0.2, 0.25) is 0 Å². The van der Waals surface area contributed by atoms with E-state index in [2.05, 4.69) is 0 Å². The Balaban J connectivity index is 2.52. The topological polar surface area (TPSA) is 47.9 Å². The number of aliphatic hydroxyl groups is 1. The third kappa shape index (κ3) is 4.08. The molecule has 0 aliphatic carbocycles. The van der Waals surface area contributed by atoms with Crippen molar-refractivity contribution in [3.8, 4) is 11.5 Å². The standard InChI is InChI=1S/C12H18O4/c1-3-14-10-7-5-6-8-11(10)16-9-12(13)15-4-2/h5-8,12-13H,3-4,9H2,1-2H3. The Bertz CT molecular complexity index is 301. The molecule has 90 valence electrons. The van der Waals surface area contributed by atoms with Crippen LogP contribution in [0.4, 0.5) is 0 Å². The molecule has 1 aromatic carbocycles. The molecular weight excluding hydrogens is 208 g/mol. The van der Waals surface area contributed by atoms with Gasteiger partial charge in [-0.3, -0.25) is 0 Å². The van der Waals surface area contributed by atoms with E-state index in [9.17, 15) is 5.11 Å². The maximum Gasteiger partial charge on any atom is 0.189 e. The van der Waals surface area contributed by atoms with Crippen molar-refractivity contribution in [2.45, 2.75) is 20.1 Å². The zero-order chi connectivity index (χ0) is 11.8. The first-order valence-corrected chi connectivity index (χ1v) is 5.42. The SMILES string of the molecule is CCOc1ccccc1OCC(O)OCC. The minimum absolute atomic E-state index is 0.0952. The molecule has 0 amide bonds. The Morgan fingerprint density at radius 1 is 1.06 bits per heavy atom. The van der Waals surface area contributed by atoms with Gasteiger partial charge in [-0.25, -0.2) is 0 Å². The largest absolute Gasteiger partial charge is 0.490 e. The summed E-state index contributed by atoms with van der Waals surface area (Å²) in [5, 5.41) is 9.34. The average molecular weight is 226 g/mol. The van der Waals surface area contributed by atoms with E-state index in [1.165, 1.54) is 0 Å². The molecule has 1 N–H and O–H groups in total. The lowest BCUT2D eigenvalue weighted by molar-refractivity contribution is -0.115. The maximum atomic E-state index is 9.34. The van der Waals surface area contributed by atoms with Gasteiger partial charge in [0.1, 0.15) is 6.61 Å². The molecule has 0 aliphatic heterocycles. The molecule has 0 heterocycles. The summed E-state index contributed by atoms with van der Waals surface area (Å²) in [4.78, 5) is 0. The number of para-hydroxylation sites is 2. The number of ether oxygens (including phenoxy) is 3. The smallest absolute Gasteiger partial charge is 0.189 e. The van der Waals surface area contributed by atoms with Crippen molar-refractivity contribution in [2.24, 2.45) is 0 Å². The molecule has 0 fully saturated rings. The van der Waals surface area contributed by atoms with Crippen LogP contribution in [-0.2, 0) is 4.74 Å². The van der Waals surface area contributed by atoms with Crippen molar-refractivity contribution < 1.29 is 19.3 Å². The van der Waals surface area contributed by atoms with Crippen LogP contribution < -0.4 is 9.47 Å². The van der Waals surface area contributed by atoms with E-state index in [1.807, 2.05) is 32.0 Å². The Morgan fingerprint density at radius 2 is 1.69 bits per heavy atom. The normalized spacial score (nSPS) is 12.2. The zero-order valence-electron chi connectivity index (χ0n) is 9.68. The first-order chi connectivity index (χ1) is 7.77. The predicted octanol–water partition coefficient (Wildman–Crippen LogP) is 1.82. The fraction of sp³-hybridized carbons (Fsp3) is 0.500. The Kier molecular flexibility index (Phi) is 5.67. The first-order valence-electron chi connectivity index (χ1n) is 5.42. The van der Waals surface area contributed by atoms with Crippen LogP contribution in [0.15, 0.2) is 24.3 Å². The fourth-order valence-electron chi connectivity index (χ4n) is 1.25. The Hall–Kier alpha value is -1.26. The van der Waals surface area contributed by atoms with E-state index in [0.717, 1.165) is 0 Å². The number of hydrogen-bond donors (Lipinski definition) is 1. The van der Waals surface area contributed by atoms with E-state index in [0.29, 0.717) is 24.7 Å². The summed E-state index contributed by atoms with van der Waals surface area (Å²) in [6, 6.07) is 7.34. The predicted molar refractivity (Wildman–Crippen MR) is 60.7 cm³/mol. The number of benzene rings is 1. The van der Waals surface area contributed by atoms with Crippen LogP contribution in [-0.4, -0.2) is 31.2 Å². The lowest BCUT2D eigenvalue weighted by Gasteiger charge is -2.14. The van der Waals surface area contributed by atoms with Gasteiger partial charge in [0.15, 0.2) is 17.8 Å². The molecule has 0 spiro atoms. The minimum Gasteiger partial charge on any atom is -0.490 e. The van der Waals surface area contributed by atoms with Crippen LogP contribution in [0.1, 0.15) is 13.8 Å². The number of hydrogen-bond acceptors (Lipinski definition) is 4. The Morgan fingerprint density at radius 3 is 2.25 bits per heavy atom. The molecule has 1 aromatic rings. The average Bonchev–Trinajstić information content (AvgIpc) is 2.29. The molecule has 0 aliphatic rings. The van der Waals surface area contributed by atoms with Gasteiger partial charge in [-0.1, -0.05) is 12.1 Å². The van der Waals surface area contributed by atoms with Crippen LogP contribution in [0, 0.1) is 0 Å². The Labute approximate surface area is 95.8 Å². The van der Waals surface area contributed by atoms with Gasteiger partial charge in [0, 0.05) is 6.61 Å². The van der Waals surface area contributed by atoms with E-state index < -0.39 is 6.29 Å². The molecule has 1 rings (SSSR count). The van der Waals surface area contributed by atoms with Gasteiger partial charge < -0.3 is 19.3 Å². The lowest BCUT2D eigenvalue weighted by Crippen LogP contribution is -2.21. The van der Waals surface area contributed by atoms with Crippen LogP contribution >= 0.6 is 0 Å². The molecule has 4 heteroatoms. The van der Waals surface area contributed by atoms with Gasteiger partial charge >= 0.3 is 0 Å². The summed E-state index contributed by atoms with van der Waals surface area (Å²) in [5.74, 6) is 1.29. The molecule has 16 heavy (non-hydrogen) atoms. The second-order valence-corrected chi connectivity index (χ2v) is 3.10. The summed E-state index contributed by atoms with van der Waals surface area (Å²) in [5.41, 5.74) is 0. The summed E-state index contributed by atoms with van der Waals surface area (Å²) >= 11 is 0. The van der Waals surface area contributed by atoms with Crippen LogP contribution in [0.5, 0.6) is 11.5 Å². The van der Waals surface area contributed by atoms with Crippen LogP contribution in [0.3, 0.4) is 0 Å². The highest BCUT2D eigenvalue weighted by Gasteiger charge is 2.07. The monoisotopic (exact) mass is 226 g/mol. The molecular formula is C12H18O4. The van der Waals surface area contributed by atoms with Gasteiger partial charge in [-0.05, 0) is 26.0 Å². The van der Waals surface area contributed by atoms with Crippen molar-refractivity contribution in [3.05, 3.63) is 24.3 Å². The summed E-state index contributed by atoms with van der Waals surface area (Å²) < 4.78 is 15.7. The number of rotatable bonds is 7. The molecule has 1 unspecified atom stereocenters. The third-order valence-corrected chi connectivity index (χ3v) is 1.89. The van der Waals surface area contributed by atoms with Crippen molar-refractivity contribution in [3.63, 3.8) is 0 Å². The first kappa shape index (κ1) is 12.8. The van der Waals surface area contributed by atoms with Crippen molar-refractivity contribution in [1.82, 2.24) is 0 Å². The van der Waals surface area contributed by atoms with E-state index in [4.69, 9.17) is 14.2 Å². The molecule has 0 saturated carbocycles. The van der Waals surface area contributed by atoms with E-state index in [1.54, 1.807) is 6.07 Å². The zero-order valence-corrected chi connectivity index (χ0v) is 9.68. The van der Waals surface area contributed by atoms with E-state index >= 15 is 0 Å². The van der Waals surface area contributed by atoms with Crippen LogP contribution in [0.25, 0.3) is 0 Å². The highest BCUT2D eigenvalue weighted by molar-refractivity contribution is 5.39. The summed E-state index contributed by atoms with van der Waals surface area (Å²) in [6.07, 6.45) is -0.903. The maximum absolute atomic E-state index is 9.34. The molecule has 0 saturated heterocycles. The van der Waals surface area contributed by atoms with Gasteiger partial charge in [-0.15, -0.1) is 0 Å². The second kappa shape index (κ2) is 7.09. The fourth-order valence-corrected chi connectivity index (χ4v) is 1.25. The van der Waals surface area contributed by atoms with Gasteiger partial charge in [0.25, 0.3) is 0 Å². The quantitative estimate of drug-likeness (QED) is 0.720. The molecule has 1 atom stereocenters. The highest BCUT2D eigenvalue weighted by Crippen LogP contribution is 2.26. The van der Waals surface area contributed by atoms with Crippen molar-refractivity contribution in [1.29, 1.82) is 0 Å². The second-order valence-electron chi connectivity index (χ2n) is 3.10. The molecule has 0 bridgehead atoms. The van der Waals surface area contributed by atoms with Gasteiger partial charge in [0.2, 0.25) is 0 Å². The van der Waals surface area contributed by atoms with Crippen molar-refractivity contribution >= 4 is 0 Å². The lowest BCUT2D eigenvalue weighted by atomic mass is 10.3. The molecule has 4 nitrogen and oxygen atoms in total.